The molecule has 6 rings (SSSR count). The quantitative estimate of drug-likeness (QED) is 0.252. The highest BCUT2D eigenvalue weighted by Gasteiger charge is 2.23. The maximum absolute atomic E-state index is 9.98. The summed E-state index contributed by atoms with van der Waals surface area (Å²) in [6.07, 6.45) is 0. The lowest BCUT2D eigenvalue weighted by Gasteiger charge is -2.13. The van der Waals surface area contributed by atoms with Gasteiger partial charge in [-0.15, -0.1) is 0 Å². The first-order chi connectivity index (χ1) is 19.2. The fourth-order valence-corrected chi connectivity index (χ4v) is 5.43. The van der Waals surface area contributed by atoms with E-state index in [2.05, 4.69) is 28.8 Å². The lowest BCUT2D eigenvalue weighted by Crippen LogP contribution is -1.97. The highest BCUT2D eigenvalue weighted by atomic mass is 15.0. The number of fused-ring (bicyclic) bond motifs is 3. The lowest BCUT2D eigenvalue weighted by molar-refractivity contribution is 1.18. The van der Waals surface area contributed by atoms with Gasteiger partial charge in [-0.3, -0.25) is 0 Å². The zero-order valence-electron chi connectivity index (χ0n) is 20.6. The number of aromatic nitrogens is 1. The molecule has 0 aliphatic carbocycles. The summed E-state index contributed by atoms with van der Waals surface area (Å²) >= 11 is 0. The van der Waals surface area contributed by atoms with E-state index in [1.807, 2.05) is 66.7 Å². The Morgan fingerprint density at radius 1 is 0.462 bits per heavy atom. The van der Waals surface area contributed by atoms with Gasteiger partial charge in [0.25, 0.3) is 0 Å². The number of nitriles is 4. The van der Waals surface area contributed by atoms with Gasteiger partial charge in [-0.2, -0.15) is 21.0 Å². The molecule has 0 N–H and O–H groups in total. The van der Waals surface area contributed by atoms with Crippen molar-refractivity contribution in [1.29, 1.82) is 21.0 Å². The third-order valence-electron chi connectivity index (χ3n) is 6.98. The molecule has 0 aliphatic rings. The minimum absolute atomic E-state index is 0.410. The standard InChI is InChI=1S/C34H17N5/c35-18-22-8-4-9-23(19-36)31(22)27-14-7-17-30-33(27)29-16-6-15-28(32-24(20-37)10-5-11-25(32)21-38)34(29)39(30)26-12-2-1-3-13-26/h1-17H. The van der Waals surface area contributed by atoms with Crippen molar-refractivity contribution in [1.82, 2.24) is 4.57 Å². The average molecular weight is 496 g/mol. The molecule has 1 heterocycles. The number of hydrogen-bond acceptors (Lipinski definition) is 4. The fourth-order valence-electron chi connectivity index (χ4n) is 5.43. The largest absolute Gasteiger partial charge is 0.309 e. The highest BCUT2D eigenvalue weighted by molar-refractivity contribution is 6.19. The maximum Gasteiger partial charge on any atom is 0.0998 e. The van der Waals surface area contributed by atoms with Gasteiger partial charge in [-0.25, -0.2) is 0 Å². The molecule has 0 bridgehead atoms. The molecule has 5 heteroatoms. The zero-order valence-corrected chi connectivity index (χ0v) is 20.6. The molecule has 0 unspecified atom stereocenters. The Labute approximate surface area is 224 Å². The first-order valence-electron chi connectivity index (χ1n) is 12.2. The number of benzene rings is 5. The molecule has 0 saturated heterocycles. The van der Waals surface area contributed by atoms with Crippen LogP contribution in [0, 0.1) is 45.3 Å². The van der Waals surface area contributed by atoms with Crippen LogP contribution in [0.4, 0.5) is 0 Å². The SMILES string of the molecule is N#Cc1cccc(C#N)c1-c1cccc2c1c1cccc(-c3c(C#N)cccc3C#N)c1n2-c1ccccc1. The summed E-state index contributed by atoms with van der Waals surface area (Å²) in [7, 11) is 0. The molecule has 0 amide bonds. The van der Waals surface area contributed by atoms with Gasteiger partial charge in [0, 0.05) is 33.2 Å². The maximum atomic E-state index is 9.98. The molecule has 0 radical (unpaired) electrons. The Morgan fingerprint density at radius 2 is 0.949 bits per heavy atom. The summed E-state index contributed by atoms with van der Waals surface area (Å²) in [5, 5.41) is 41.6. The first-order valence-corrected chi connectivity index (χ1v) is 12.2. The van der Waals surface area contributed by atoms with Crippen LogP contribution in [-0.2, 0) is 0 Å². The van der Waals surface area contributed by atoms with Crippen molar-refractivity contribution in [2.24, 2.45) is 0 Å². The molecule has 0 spiro atoms. The van der Waals surface area contributed by atoms with Crippen molar-refractivity contribution in [2.75, 3.05) is 0 Å². The van der Waals surface area contributed by atoms with Crippen molar-refractivity contribution in [3.05, 3.63) is 125 Å². The van der Waals surface area contributed by atoms with E-state index in [4.69, 9.17) is 0 Å². The minimum atomic E-state index is 0.410. The van der Waals surface area contributed by atoms with E-state index in [-0.39, 0.29) is 0 Å². The summed E-state index contributed by atoms with van der Waals surface area (Å²) in [5.74, 6) is 0. The second-order valence-corrected chi connectivity index (χ2v) is 8.98. The zero-order chi connectivity index (χ0) is 26.9. The molecule has 0 aliphatic heterocycles. The second-order valence-electron chi connectivity index (χ2n) is 8.98. The summed E-state index contributed by atoms with van der Waals surface area (Å²) in [4.78, 5) is 0. The van der Waals surface area contributed by atoms with Crippen molar-refractivity contribution >= 4 is 21.8 Å². The molecule has 0 fully saturated rings. The summed E-state index contributed by atoms with van der Waals surface area (Å²) in [6, 6.07) is 41.0. The molecule has 6 aromatic rings. The third-order valence-corrected chi connectivity index (χ3v) is 6.98. The van der Waals surface area contributed by atoms with E-state index in [1.165, 1.54) is 0 Å². The molecule has 39 heavy (non-hydrogen) atoms. The summed E-state index contributed by atoms with van der Waals surface area (Å²) in [6.45, 7) is 0. The fraction of sp³-hybridized carbons (Fsp3) is 0. The smallest absolute Gasteiger partial charge is 0.0998 e. The molecule has 178 valence electrons. The molecule has 1 aromatic heterocycles. The number of para-hydroxylation sites is 2. The van der Waals surface area contributed by atoms with Gasteiger partial charge >= 0.3 is 0 Å². The lowest BCUT2D eigenvalue weighted by atomic mass is 9.90. The highest BCUT2D eigenvalue weighted by Crippen LogP contribution is 2.44. The van der Waals surface area contributed by atoms with Crippen LogP contribution in [0.5, 0.6) is 0 Å². The molecular weight excluding hydrogens is 478 g/mol. The monoisotopic (exact) mass is 495 g/mol. The van der Waals surface area contributed by atoms with Crippen LogP contribution in [0.2, 0.25) is 0 Å². The van der Waals surface area contributed by atoms with Crippen LogP contribution >= 0.6 is 0 Å². The Morgan fingerprint density at radius 3 is 1.51 bits per heavy atom. The van der Waals surface area contributed by atoms with E-state index >= 15 is 0 Å². The van der Waals surface area contributed by atoms with Crippen molar-refractivity contribution in [3.63, 3.8) is 0 Å². The van der Waals surface area contributed by atoms with Crippen molar-refractivity contribution in [3.8, 4) is 52.2 Å². The first kappa shape index (κ1) is 23.3. The Hall–Kier alpha value is -6.14. The predicted molar refractivity (Wildman–Crippen MR) is 151 cm³/mol. The van der Waals surface area contributed by atoms with Gasteiger partial charge in [0.2, 0.25) is 0 Å². The normalized spacial score (nSPS) is 10.5. The van der Waals surface area contributed by atoms with Crippen LogP contribution in [0.1, 0.15) is 22.3 Å². The molecule has 5 nitrogen and oxygen atoms in total. The van der Waals surface area contributed by atoms with Gasteiger partial charge in [-0.05, 0) is 48.0 Å². The van der Waals surface area contributed by atoms with E-state index in [9.17, 15) is 21.0 Å². The van der Waals surface area contributed by atoms with Gasteiger partial charge < -0.3 is 4.57 Å². The van der Waals surface area contributed by atoms with Crippen LogP contribution < -0.4 is 0 Å². The Kier molecular flexibility index (Phi) is 5.60. The molecule has 0 saturated carbocycles. The Bertz CT molecular complexity index is 2040. The number of rotatable bonds is 3. The topological polar surface area (TPSA) is 100 Å². The van der Waals surface area contributed by atoms with E-state index in [1.54, 1.807) is 36.4 Å². The van der Waals surface area contributed by atoms with E-state index in [0.29, 0.717) is 33.4 Å². The van der Waals surface area contributed by atoms with Gasteiger partial charge in [0.1, 0.15) is 0 Å². The molecular formula is C34H17N5. The summed E-state index contributed by atoms with van der Waals surface area (Å²) in [5.41, 5.74) is 6.95. The van der Waals surface area contributed by atoms with Crippen molar-refractivity contribution in [2.45, 2.75) is 0 Å². The van der Waals surface area contributed by atoms with E-state index < -0.39 is 0 Å². The number of hydrogen-bond donors (Lipinski definition) is 0. The second kappa shape index (κ2) is 9.38. The molecule has 0 atom stereocenters. The van der Waals surface area contributed by atoms with Gasteiger partial charge in [0.15, 0.2) is 0 Å². The van der Waals surface area contributed by atoms with Gasteiger partial charge in [-0.1, -0.05) is 60.7 Å². The average Bonchev–Trinajstić information content (AvgIpc) is 3.35. The van der Waals surface area contributed by atoms with Crippen LogP contribution in [-0.4, -0.2) is 4.57 Å². The van der Waals surface area contributed by atoms with Crippen LogP contribution in [0.3, 0.4) is 0 Å². The predicted octanol–water partition coefficient (Wildman–Crippen LogP) is 7.60. The third kappa shape index (κ3) is 3.52. The number of nitrogens with zero attached hydrogens (tertiary/aromatic N) is 5. The molecule has 5 aromatic carbocycles. The van der Waals surface area contributed by atoms with Gasteiger partial charge in [0.05, 0.1) is 57.6 Å². The Balaban J connectivity index is 1.87. The summed E-state index contributed by atoms with van der Waals surface area (Å²) < 4.78 is 2.12. The van der Waals surface area contributed by atoms with Crippen LogP contribution in [0.15, 0.2) is 103 Å². The minimum Gasteiger partial charge on any atom is -0.309 e. The van der Waals surface area contributed by atoms with E-state index in [0.717, 1.165) is 38.6 Å². The van der Waals surface area contributed by atoms with Crippen molar-refractivity contribution < 1.29 is 0 Å². The van der Waals surface area contributed by atoms with Crippen LogP contribution in [0.25, 0.3) is 49.7 Å².